The van der Waals surface area contributed by atoms with E-state index in [9.17, 15) is 5.11 Å². The summed E-state index contributed by atoms with van der Waals surface area (Å²) in [6, 6.07) is 5.95. The highest BCUT2D eigenvalue weighted by Crippen LogP contribution is 2.40. The predicted octanol–water partition coefficient (Wildman–Crippen LogP) is 2.88. The highest BCUT2D eigenvalue weighted by atomic mass is 79.9. The number of hydrogen-bond acceptors (Lipinski definition) is 3. The van der Waals surface area contributed by atoms with Crippen LogP contribution in [0.3, 0.4) is 0 Å². The topological polar surface area (TPSA) is 55.5 Å². The number of aliphatic hydroxyl groups excluding tert-OH is 1. The summed E-state index contributed by atoms with van der Waals surface area (Å²) in [4.78, 5) is 0. The van der Waals surface area contributed by atoms with Gasteiger partial charge < -0.3 is 15.6 Å². The normalized spacial score (nSPS) is 27.3. The van der Waals surface area contributed by atoms with Crippen molar-refractivity contribution in [3.63, 3.8) is 0 Å². The molecule has 3 nitrogen and oxygen atoms in total. The Hall–Kier alpha value is -0.580. The maximum absolute atomic E-state index is 10.4. The van der Waals surface area contributed by atoms with E-state index in [1.165, 1.54) is 0 Å². The summed E-state index contributed by atoms with van der Waals surface area (Å²) >= 11 is 3.58. The van der Waals surface area contributed by atoms with Crippen molar-refractivity contribution in [3.05, 3.63) is 28.2 Å². The van der Waals surface area contributed by atoms with Crippen molar-refractivity contribution in [3.8, 4) is 5.75 Å². The molecule has 2 unspecified atom stereocenters. The van der Waals surface area contributed by atoms with E-state index < -0.39 is 0 Å². The molecule has 1 saturated carbocycles. The smallest absolute Gasteiger partial charge is 0.119 e. The van der Waals surface area contributed by atoms with Crippen LogP contribution in [0.1, 0.15) is 31.2 Å². The molecular formula is C15H22BrNO2. The molecule has 0 saturated heterocycles. The van der Waals surface area contributed by atoms with Crippen LogP contribution in [0.4, 0.5) is 0 Å². The summed E-state index contributed by atoms with van der Waals surface area (Å²) in [5, 5.41) is 10.4. The maximum atomic E-state index is 10.4. The Balaban J connectivity index is 2.26. The molecule has 0 heterocycles. The van der Waals surface area contributed by atoms with Crippen LogP contribution in [0.5, 0.6) is 5.75 Å². The molecule has 2 atom stereocenters. The van der Waals surface area contributed by atoms with E-state index in [0.29, 0.717) is 6.54 Å². The van der Waals surface area contributed by atoms with Gasteiger partial charge in [-0.05, 0) is 43.0 Å². The first kappa shape index (κ1) is 14.8. The Morgan fingerprint density at radius 3 is 2.89 bits per heavy atom. The molecule has 1 aromatic carbocycles. The first-order chi connectivity index (χ1) is 9.11. The van der Waals surface area contributed by atoms with Gasteiger partial charge in [0.2, 0.25) is 0 Å². The summed E-state index contributed by atoms with van der Waals surface area (Å²) in [7, 11) is 1.67. The number of rotatable bonds is 4. The fourth-order valence-electron chi connectivity index (χ4n) is 3.00. The third-order valence-corrected chi connectivity index (χ3v) is 5.08. The zero-order chi connectivity index (χ0) is 13.9. The summed E-state index contributed by atoms with van der Waals surface area (Å²) < 4.78 is 6.33. The van der Waals surface area contributed by atoms with Gasteiger partial charge in [-0.3, -0.25) is 0 Å². The van der Waals surface area contributed by atoms with Gasteiger partial charge in [0.1, 0.15) is 5.75 Å². The number of aliphatic hydroxyl groups is 1. The maximum Gasteiger partial charge on any atom is 0.119 e. The third kappa shape index (κ3) is 3.12. The SMILES string of the molecule is COc1ccc(Br)c(CC2(CN)CCCCC2O)c1. The van der Waals surface area contributed by atoms with Crippen molar-refractivity contribution in [2.24, 2.45) is 11.1 Å². The molecule has 1 fully saturated rings. The monoisotopic (exact) mass is 327 g/mol. The molecule has 0 aromatic heterocycles. The van der Waals surface area contributed by atoms with E-state index in [-0.39, 0.29) is 11.5 Å². The lowest BCUT2D eigenvalue weighted by atomic mass is 9.68. The van der Waals surface area contributed by atoms with Crippen molar-refractivity contribution in [1.29, 1.82) is 0 Å². The molecular weight excluding hydrogens is 306 g/mol. The number of nitrogens with two attached hydrogens (primary N) is 1. The first-order valence-electron chi connectivity index (χ1n) is 6.82. The number of ether oxygens (including phenoxy) is 1. The van der Waals surface area contributed by atoms with E-state index in [1.807, 2.05) is 18.2 Å². The van der Waals surface area contributed by atoms with Crippen molar-refractivity contribution in [2.75, 3.05) is 13.7 Å². The van der Waals surface area contributed by atoms with Crippen molar-refractivity contribution >= 4 is 15.9 Å². The highest BCUT2D eigenvalue weighted by Gasteiger charge is 2.39. The summed E-state index contributed by atoms with van der Waals surface area (Å²) in [5.41, 5.74) is 6.96. The molecule has 1 aromatic rings. The molecule has 0 amide bonds. The quantitative estimate of drug-likeness (QED) is 0.894. The number of halogens is 1. The van der Waals surface area contributed by atoms with Gasteiger partial charge >= 0.3 is 0 Å². The molecule has 1 aliphatic carbocycles. The second-order valence-corrected chi connectivity index (χ2v) is 6.32. The van der Waals surface area contributed by atoms with Crippen LogP contribution >= 0.6 is 15.9 Å². The predicted molar refractivity (Wildman–Crippen MR) is 80.4 cm³/mol. The Morgan fingerprint density at radius 2 is 2.26 bits per heavy atom. The average molecular weight is 328 g/mol. The Labute approximate surface area is 123 Å². The van der Waals surface area contributed by atoms with E-state index in [0.717, 1.165) is 47.9 Å². The molecule has 0 radical (unpaired) electrons. The number of methoxy groups -OCH3 is 1. The highest BCUT2D eigenvalue weighted by molar-refractivity contribution is 9.10. The standard InChI is InChI=1S/C15H22BrNO2/c1-19-12-5-6-13(16)11(8-12)9-15(10-17)7-3-2-4-14(15)18/h5-6,8,14,18H,2-4,7,9-10,17H2,1H3. The molecule has 3 N–H and O–H groups in total. The van der Waals surface area contributed by atoms with Crippen LogP contribution < -0.4 is 10.5 Å². The van der Waals surface area contributed by atoms with Gasteiger partial charge in [-0.25, -0.2) is 0 Å². The Kier molecular flexibility index (Phi) is 4.87. The lowest BCUT2D eigenvalue weighted by Gasteiger charge is -2.41. The molecule has 0 aliphatic heterocycles. The molecule has 2 rings (SSSR count). The second-order valence-electron chi connectivity index (χ2n) is 5.46. The van der Waals surface area contributed by atoms with E-state index >= 15 is 0 Å². The lowest BCUT2D eigenvalue weighted by molar-refractivity contribution is -0.00597. The fraction of sp³-hybridized carbons (Fsp3) is 0.600. The minimum absolute atomic E-state index is 0.187. The zero-order valence-corrected chi connectivity index (χ0v) is 12.9. The first-order valence-corrected chi connectivity index (χ1v) is 7.61. The molecule has 0 spiro atoms. The Bertz CT molecular complexity index is 438. The van der Waals surface area contributed by atoms with Crippen LogP contribution in [0.25, 0.3) is 0 Å². The summed E-state index contributed by atoms with van der Waals surface area (Å²) in [5.74, 6) is 0.843. The Morgan fingerprint density at radius 1 is 1.47 bits per heavy atom. The van der Waals surface area contributed by atoms with Crippen LogP contribution in [0.15, 0.2) is 22.7 Å². The van der Waals surface area contributed by atoms with Crippen LogP contribution in [-0.2, 0) is 6.42 Å². The van der Waals surface area contributed by atoms with E-state index in [2.05, 4.69) is 15.9 Å². The molecule has 0 bridgehead atoms. The van der Waals surface area contributed by atoms with Gasteiger partial charge in [-0.1, -0.05) is 28.8 Å². The minimum atomic E-state index is -0.302. The van der Waals surface area contributed by atoms with Gasteiger partial charge in [0.25, 0.3) is 0 Å². The summed E-state index contributed by atoms with van der Waals surface area (Å²) in [6.07, 6.45) is 4.59. The van der Waals surface area contributed by atoms with Crippen LogP contribution in [-0.4, -0.2) is 24.9 Å². The number of hydrogen-bond donors (Lipinski definition) is 2. The zero-order valence-electron chi connectivity index (χ0n) is 11.4. The lowest BCUT2D eigenvalue weighted by Crippen LogP contribution is -2.45. The summed E-state index contributed by atoms with van der Waals surface area (Å²) in [6.45, 7) is 0.526. The molecule has 4 heteroatoms. The molecule has 106 valence electrons. The van der Waals surface area contributed by atoms with Crippen LogP contribution in [0, 0.1) is 5.41 Å². The van der Waals surface area contributed by atoms with Gasteiger partial charge in [0.15, 0.2) is 0 Å². The van der Waals surface area contributed by atoms with E-state index in [1.54, 1.807) is 7.11 Å². The van der Waals surface area contributed by atoms with Gasteiger partial charge in [0, 0.05) is 16.4 Å². The van der Waals surface area contributed by atoms with Crippen molar-refractivity contribution < 1.29 is 9.84 Å². The van der Waals surface area contributed by atoms with Gasteiger partial charge in [-0.2, -0.15) is 0 Å². The van der Waals surface area contributed by atoms with Crippen molar-refractivity contribution in [1.82, 2.24) is 0 Å². The molecule has 1 aliphatic rings. The minimum Gasteiger partial charge on any atom is -0.497 e. The third-order valence-electron chi connectivity index (χ3n) is 4.31. The van der Waals surface area contributed by atoms with Gasteiger partial charge in [0.05, 0.1) is 13.2 Å². The fourth-order valence-corrected chi connectivity index (χ4v) is 3.38. The second kappa shape index (κ2) is 6.25. The van der Waals surface area contributed by atoms with Gasteiger partial charge in [-0.15, -0.1) is 0 Å². The van der Waals surface area contributed by atoms with Crippen LogP contribution in [0.2, 0.25) is 0 Å². The van der Waals surface area contributed by atoms with E-state index in [4.69, 9.17) is 10.5 Å². The molecule has 19 heavy (non-hydrogen) atoms. The average Bonchev–Trinajstić information content (AvgIpc) is 2.44. The number of benzene rings is 1. The van der Waals surface area contributed by atoms with Crippen molar-refractivity contribution in [2.45, 2.75) is 38.2 Å². The largest absolute Gasteiger partial charge is 0.497 e.